The maximum atomic E-state index is 11.3. The number of phenolic OH excluding ortho intramolecular Hbond substituents is 1. The number of phenols is 1. The molecule has 0 aliphatic carbocycles. The fraction of sp³-hybridized carbons (Fsp3) is 0.389. The largest absolute Gasteiger partial charge is 0.504 e. The van der Waals surface area contributed by atoms with Crippen molar-refractivity contribution in [3.63, 3.8) is 0 Å². The van der Waals surface area contributed by atoms with Crippen LogP contribution < -0.4 is 4.74 Å². The first-order valence-corrected chi connectivity index (χ1v) is 7.50. The normalized spacial score (nSPS) is 11.3. The van der Waals surface area contributed by atoms with Crippen molar-refractivity contribution in [3.8, 4) is 11.5 Å². The molecule has 1 N–H and O–H groups in total. The van der Waals surface area contributed by atoms with Crippen LogP contribution in [-0.4, -0.2) is 17.5 Å². The molecule has 0 fully saturated rings. The fourth-order valence-corrected chi connectivity index (χ4v) is 1.75. The predicted molar refractivity (Wildman–Crippen MR) is 86.6 cm³/mol. The number of hydrogen-bond acceptors (Lipinski definition) is 3. The number of carbonyl (C=O) groups excluding carboxylic acids is 1. The number of hydrogen-bond donors (Lipinski definition) is 1. The van der Waals surface area contributed by atoms with Gasteiger partial charge < -0.3 is 9.84 Å². The molecule has 0 atom stereocenters. The number of unbranched alkanes of at least 4 members (excludes halogenated alkanes) is 1. The first kappa shape index (κ1) is 17.0. The highest BCUT2D eigenvalue weighted by Gasteiger charge is 2.02. The van der Waals surface area contributed by atoms with Crippen molar-refractivity contribution in [3.05, 3.63) is 42.0 Å². The lowest BCUT2D eigenvalue weighted by atomic mass is 10.1. The van der Waals surface area contributed by atoms with Gasteiger partial charge in [0.1, 0.15) is 0 Å². The van der Waals surface area contributed by atoms with Gasteiger partial charge in [0.15, 0.2) is 17.3 Å². The van der Waals surface area contributed by atoms with Gasteiger partial charge in [-0.15, -0.1) is 0 Å². The van der Waals surface area contributed by atoms with E-state index in [1.54, 1.807) is 30.4 Å². The number of ether oxygens (including phenoxy) is 1. The SMILES string of the molecule is CCCCOc1ccc(C=CC=CC(=O)CCC)cc1O. The van der Waals surface area contributed by atoms with Gasteiger partial charge in [-0.05, 0) is 36.6 Å². The molecule has 0 aliphatic heterocycles. The van der Waals surface area contributed by atoms with Crippen molar-refractivity contribution in [2.45, 2.75) is 39.5 Å². The number of ketones is 1. The van der Waals surface area contributed by atoms with E-state index in [1.807, 2.05) is 19.1 Å². The molecule has 0 aromatic heterocycles. The molecule has 1 aromatic carbocycles. The van der Waals surface area contributed by atoms with Crippen LogP contribution in [0, 0.1) is 0 Å². The van der Waals surface area contributed by atoms with Crippen molar-refractivity contribution in [2.75, 3.05) is 6.61 Å². The summed E-state index contributed by atoms with van der Waals surface area (Å²) in [6.07, 6.45) is 10.4. The predicted octanol–water partition coefficient (Wildman–Crippen LogP) is 4.51. The molecule has 1 aromatic rings. The Hall–Kier alpha value is -2.03. The standard InChI is InChI=1S/C18H24O3/c1-3-5-13-21-18-12-11-15(14-17(18)20)9-6-7-10-16(19)8-4-2/h6-7,9-12,14,20H,3-5,8,13H2,1-2H3. The van der Waals surface area contributed by atoms with E-state index in [4.69, 9.17) is 4.74 Å². The highest BCUT2D eigenvalue weighted by Crippen LogP contribution is 2.27. The molecule has 0 aliphatic rings. The van der Waals surface area contributed by atoms with Crippen LogP contribution in [0.25, 0.3) is 6.08 Å². The Bertz CT molecular complexity index is 501. The Labute approximate surface area is 127 Å². The van der Waals surface area contributed by atoms with E-state index in [0.717, 1.165) is 24.8 Å². The Morgan fingerprint density at radius 2 is 2.05 bits per heavy atom. The third-order valence-electron chi connectivity index (χ3n) is 2.92. The third kappa shape index (κ3) is 6.80. The molecule has 0 amide bonds. The molecule has 0 heterocycles. The smallest absolute Gasteiger partial charge is 0.160 e. The van der Waals surface area contributed by atoms with Crippen LogP contribution >= 0.6 is 0 Å². The Kier molecular flexibility index (Phi) is 7.95. The summed E-state index contributed by atoms with van der Waals surface area (Å²) in [5.41, 5.74) is 0.864. The van der Waals surface area contributed by atoms with Crippen molar-refractivity contribution >= 4 is 11.9 Å². The summed E-state index contributed by atoms with van der Waals surface area (Å²) in [5, 5.41) is 9.87. The second-order valence-corrected chi connectivity index (χ2v) is 4.86. The Morgan fingerprint density at radius 3 is 2.71 bits per heavy atom. The molecule has 0 bridgehead atoms. The maximum absolute atomic E-state index is 11.3. The maximum Gasteiger partial charge on any atom is 0.160 e. The molecular formula is C18H24O3. The molecule has 114 valence electrons. The number of allylic oxidation sites excluding steroid dienone is 3. The molecular weight excluding hydrogens is 264 g/mol. The third-order valence-corrected chi connectivity index (χ3v) is 2.92. The summed E-state index contributed by atoms with van der Waals surface area (Å²) in [6.45, 7) is 4.69. The molecule has 0 saturated heterocycles. The lowest BCUT2D eigenvalue weighted by Gasteiger charge is -2.07. The van der Waals surface area contributed by atoms with E-state index < -0.39 is 0 Å². The first-order chi connectivity index (χ1) is 10.2. The van der Waals surface area contributed by atoms with E-state index >= 15 is 0 Å². The molecule has 1 rings (SSSR count). The monoisotopic (exact) mass is 288 g/mol. The van der Waals surface area contributed by atoms with E-state index in [-0.39, 0.29) is 11.5 Å². The zero-order valence-corrected chi connectivity index (χ0v) is 12.8. The summed E-state index contributed by atoms with van der Waals surface area (Å²) in [7, 11) is 0. The summed E-state index contributed by atoms with van der Waals surface area (Å²) in [6, 6.07) is 5.29. The van der Waals surface area contributed by atoms with Crippen LogP contribution in [0.3, 0.4) is 0 Å². The van der Waals surface area contributed by atoms with Crippen molar-refractivity contribution in [1.29, 1.82) is 0 Å². The summed E-state index contributed by atoms with van der Waals surface area (Å²) >= 11 is 0. The van der Waals surface area contributed by atoms with Crippen molar-refractivity contribution in [2.24, 2.45) is 0 Å². The average molecular weight is 288 g/mol. The number of benzene rings is 1. The van der Waals surface area contributed by atoms with Crippen molar-refractivity contribution < 1.29 is 14.6 Å². The van der Waals surface area contributed by atoms with Crippen LogP contribution in [0.1, 0.15) is 45.1 Å². The second kappa shape index (κ2) is 9.81. The molecule has 0 radical (unpaired) electrons. The van der Waals surface area contributed by atoms with Crippen LogP contribution in [-0.2, 0) is 4.79 Å². The molecule has 0 spiro atoms. The number of rotatable bonds is 9. The summed E-state index contributed by atoms with van der Waals surface area (Å²) < 4.78 is 5.48. The van der Waals surface area contributed by atoms with Crippen LogP contribution in [0.15, 0.2) is 36.4 Å². The zero-order valence-electron chi connectivity index (χ0n) is 12.8. The van der Waals surface area contributed by atoms with Crippen molar-refractivity contribution in [1.82, 2.24) is 0 Å². The van der Waals surface area contributed by atoms with Gasteiger partial charge in [-0.25, -0.2) is 0 Å². The van der Waals surface area contributed by atoms with E-state index in [0.29, 0.717) is 18.8 Å². The van der Waals surface area contributed by atoms with Gasteiger partial charge in [0.2, 0.25) is 0 Å². The number of carbonyl (C=O) groups is 1. The summed E-state index contributed by atoms with van der Waals surface area (Å²) in [4.78, 5) is 11.3. The molecule has 21 heavy (non-hydrogen) atoms. The van der Waals surface area contributed by atoms with Gasteiger partial charge in [-0.2, -0.15) is 0 Å². The molecule has 0 unspecified atom stereocenters. The van der Waals surface area contributed by atoms with E-state index in [2.05, 4.69) is 6.92 Å². The van der Waals surface area contributed by atoms with Gasteiger partial charge in [0, 0.05) is 6.42 Å². The van der Waals surface area contributed by atoms with Gasteiger partial charge in [-0.3, -0.25) is 4.79 Å². The van der Waals surface area contributed by atoms with Crippen LogP contribution in [0.5, 0.6) is 11.5 Å². The topological polar surface area (TPSA) is 46.5 Å². The van der Waals surface area contributed by atoms with Gasteiger partial charge in [-0.1, -0.05) is 44.6 Å². The number of aromatic hydroxyl groups is 1. The minimum absolute atomic E-state index is 0.129. The van der Waals surface area contributed by atoms with Crippen LogP contribution in [0.4, 0.5) is 0 Å². The Balaban J connectivity index is 2.56. The minimum Gasteiger partial charge on any atom is -0.504 e. The molecule has 0 saturated carbocycles. The second-order valence-electron chi connectivity index (χ2n) is 4.86. The van der Waals surface area contributed by atoms with Crippen LogP contribution in [0.2, 0.25) is 0 Å². The van der Waals surface area contributed by atoms with Gasteiger partial charge in [0.05, 0.1) is 6.61 Å². The van der Waals surface area contributed by atoms with Gasteiger partial charge >= 0.3 is 0 Å². The first-order valence-electron chi connectivity index (χ1n) is 7.50. The lowest BCUT2D eigenvalue weighted by Crippen LogP contribution is -1.96. The molecule has 3 nitrogen and oxygen atoms in total. The minimum atomic E-state index is 0.129. The highest BCUT2D eigenvalue weighted by molar-refractivity contribution is 5.89. The Morgan fingerprint density at radius 1 is 1.24 bits per heavy atom. The quantitative estimate of drug-likeness (QED) is 0.413. The summed E-state index contributed by atoms with van der Waals surface area (Å²) in [5.74, 6) is 0.776. The fourth-order valence-electron chi connectivity index (χ4n) is 1.75. The lowest BCUT2D eigenvalue weighted by molar-refractivity contribution is -0.114. The average Bonchev–Trinajstić information content (AvgIpc) is 2.46. The highest BCUT2D eigenvalue weighted by atomic mass is 16.5. The van der Waals surface area contributed by atoms with E-state index in [9.17, 15) is 9.90 Å². The van der Waals surface area contributed by atoms with E-state index in [1.165, 1.54) is 0 Å². The van der Waals surface area contributed by atoms with Gasteiger partial charge in [0.25, 0.3) is 0 Å². The molecule has 3 heteroatoms. The zero-order chi connectivity index (χ0) is 15.5.